The summed E-state index contributed by atoms with van der Waals surface area (Å²) in [6, 6.07) is 7.31. The Bertz CT molecular complexity index is 873. The third-order valence-corrected chi connectivity index (χ3v) is 4.76. The summed E-state index contributed by atoms with van der Waals surface area (Å²) in [7, 11) is 4.95. The summed E-state index contributed by atoms with van der Waals surface area (Å²) in [6.07, 6.45) is -4.54. The molecule has 0 bridgehead atoms. The zero-order chi connectivity index (χ0) is 22.2. The first-order valence-corrected chi connectivity index (χ1v) is 9.31. The topological polar surface area (TPSA) is 45.6 Å². The molecule has 1 N–H and O–H groups in total. The maximum Gasteiger partial charge on any atom is 0.416 e. The van der Waals surface area contributed by atoms with Crippen LogP contribution >= 0.6 is 0 Å². The van der Waals surface area contributed by atoms with E-state index in [1.165, 1.54) is 14.0 Å². The first-order valence-electron chi connectivity index (χ1n) is 9.31. The highest BCUT2D eigenvalue weighted by molar-refractivity contribution is 5.48. The molecular formula is C22H29F3N2O2. The van der Waals surface area contributed by atoms with Gasteiger partial charge in [0.2, 0.25) is 0 Å². The number of ether oxygens (including phenoxy) is 1. The molecule has 0 amide bonds. The number of nitrogens with zero attached hydrogens (tertiary/aromatic N) is 2. The van der Waals surface area contributed by atoms with Crippen LogP contribution in [0.25, 0.3) is 0 Å². The van der Waals surface area contributed by atoms with E-state index in [0.717, 1.165) is 17.7 Å². The Kier molecular flexibility index (Phi) is 6.35. The molecule has 1 aromatic heterocycles. The number of benzene rings is 1. The van der Waals surface area contributed by atoms with Crippen molar-refractivity contribution >= 4 is 0 Å². The van der Waals surface area contributed by atoms with Gasteiger partial charge in [-0.25, -0.2) is 0 Å². The fraction of sp³-hybridized carbons (Fsp3) is 0.500. The molecule has 0 aliphatic heterocycles. The number of halogens is 3. The van der Waals surface area contributed by atoms with Crippen molar-refractivity contribution in [1.29, 1.82) is 0 Å². The zero-order valence-electron chi connectivity index (χ0n) is 18.0. The van der Waals surface area contributed by atoms with E-state index in [-0.39, 0.29) is 23.3 Å². The monoisotopic (exact) mass is 410 g/mol. The second kappa shape index (κ2) is 7.95. The molecule has 0 saturated carbocycles. The lowest BCUT2D eigenvalue weighted by Gasteiger charge is -2.34. The van der Waals surface area contributed by atoms with Crippen molar-refractivity contribution in [3.63, 3.8) is 0 Å². The molecule has 1 heterocycles. The number of pyridine rings is 1. The Morgan fingerprint density at radius 2 is 1.66 bits per heavy atom. The molecule has 1 aromatic carbocycles. The molecule has 2 rings (SSSR count). The van der Waals surface area contributed by atoms with Gasteiger partial charge in [0.1, 0.15) is 11.4 Å². The Balaban J connectivity index is 2.83. The van der Waals surface area contributed by atoms with E-state index >= 15 is 0 Å². The summed E-state index contributed by atoms with van der Waals surface area (Å²) < 4.78 is 45.7. The van der Waals surface area contributed by atoms with Crippen LogP contribution < -0.4 is 4.74 Å². The minimum absolute atomic E-state index is 0.0324. The number of alkyl halides is 3. The van der Waals surface area contributed by atoms with E-state index in [2.05, 4.69) is 4.98 Å². The van der Waals surface area contributed by atoms with Gasteiger partial charge in [0.15, 0.2) is 0 Å². The molecule has 4 nitrogen and oxygen atoms in total. The van der Waals surface area contributed by atoms with Gasteiger partial charge in [-0.1, -0.05) is 26.8 Å². The summed E-state index contributed by atoms with van der Waals surface area (Å²) in [5.41, 5.74) is -1.45. The van der Waals surface area contributed by atoms with Gasteiger partial charge >= 0.3 is 6.18 Å². The van der Waals surface area contributed by atoms with Gasteiger partial charge in [0.25, 0.3) is 0 Å². The largest absolute Gasteiger partial charge is 0.496 e. The van der Waals surface area contributed by atoms with Gasteiger partial charge in [0.05, 0.1) is 18.4 Å². The fourth-order valence-electron chi connectivity index (χ4n) is 3.30. The molecule has 1 unspecified atom stereocenters. The summed E-state index contributed by atoms with van der Waals surface area (Å²) in [5, 5.41) is 11.8. The Labute approximate surface area is 170 Å². The minimum Gasteiger partial charge on any atom is -0.496 e. The highest BCUT2D eigenvalue weighted by Crippen LogP contribution is 2.40. The number of rotatable bonds is 5. The lowest BCUT2D eigenvalue weighted by molar-refractivity contribution is -0.137. The van der Waals surface area contributed by atoms with Gasteiger partial charge in [0, 0.05) is 17.8 Å². The first kappa shape index (κ1) is 23.2. The third kappa shape index (κ3) is 5.08. The van der Waals surface area contributed by atoms with E-state index in [0.29, 0.717) is 11.3 Å². The molecule has 0 saturated heterocycles. The van der Waals surface area contributed by atoms with Crippen molar-refractivity contribution in [1.82, 2.24) is 9.88 Å². The standard InChI is InChI=1S/C22H29F3N2O2/c1-14-10-16(22(23,24)25)12-19(26-14)21(28,13-27(5)6)17-11-15(20(2,3)4)8-9-18(17)29-7/h8-12,28H,13H2,1-7H3. The van der Waals surface area contributed by atoms with Crippen molar-refractivity contribution < 1.29 is 23.0 Å². The molecule has 2 aromatic rings. The van der Waals surface area contributed by atoms with Gasteiger partial charge in [-0.05, 0) is 56.3 Å². The first-order chi connectivity index (χ1) is 13.2. The van der Waals surface area contributed by atoms with Crippen LogP contribution in [0.2, 0.25) is 0 Å². The number of aryl methyl sites for hydroxylation is 1. The van der Waals surface area contributed by atoms with E-state index in [9.17, 15) is 18.3 Å². The average Bonchev–Trinajstić information content (AvgIpc) is 2.58. The molecule has 0 fully saturated rings. The van der Waals surface area contributed by atoms with Crippen LogP contribution in [0.1, 0.15) is 48.8 Å². The molecule has 0 aliphatic rings. The number of aliphatic hydroxyl groups is 1. The highest BCUT2D eigenvalue weighted by atomic mass is 19.4. The predicted octanol–water partition coefficient (Wildman–Crippen LogP) is 4.51. The SMILES string of the molecule is COc1ccc(C(C)(C)C)cc1C(O)(CN(C)C)c1cc(C(F)(F)F)cc(C)n1. The van der Waals surface area contributed by atoms with Crippen LogP contribution in [0.3, 0.4) is 0 Å². The van der Waals surface area contributed by atoms with Gasteiger partial charge in [-0.15, -0.1) is 0 Å². The van der Waals surface area contributed by atoms with Crippen molar-refractivity contribution in [2.45, 2.75) is 44.9 Å². The Morgan fingerprint density at radius 1 is 1.03 bits per heavy atom. The normalized spacial score (nSPS) is 14.8. The maximum absolute atomic E-state index is 13.4. The van der Waals surface area contributed by atoms with E-state index in [4.69, 9.17) is 4.74 Å². The number of likely N-dealkylation sites (N-methyl/N-ethyl adjacent to an activating group) is 1. The van der Waals surface area contributed by atoms with Crippen molar-refractivity contribution in [3.05, 3.63) is 58.4 Å². The third-order valence-electron chi connectivity index (χ3n) is 4.76. The van der Waals surface area contributed by atoms with E-state index < -0.39 is 17.3 Å². The second-order valence-corrected chi connectivity index (χ2v) is 8.64. The van der Waals surface area contributed by atoms with Crippen molar-refractivity contribution in [3.8, 4) is 5.75 Å². The number of hydrogen-bond donors (Lipinski definition) is 1. The molecule has 0 aliphatic carbocycles. The lowest BCUT2D eigenvalue weighted by Crippen LogP contribution is -2.40. The number of methoxy groups -OCH3 is 1. The summed E-state index contributed by atoms with van der Waals surface area (Å²) >= 11 is 0. The molecule has 0 radical (unpaired) electrons. The van der Waals surface area contributed by atoms with E-state index in [1.807, 2.05) is 26.8 Å². The molecule has 29 heavy (non-hydrogen) atoms. The molecule has 7 heteroatoms. The van der Waals surface area contributed by atoms with E-state index in [1.54, 1.807) is 31.1 Å². The number of hydrogen-bond acceptors (Lipinski definition) is 4. The lowest BCUT2D eigenvalue weighted by atomic mass is 9.81. The minimum atomic E-state index is -4.54. The zero-order valence-corrected chi connectivity index (χ0v) is 18.0. The maximum atomic E-state index is 13.4. The quantitative estimate of drug-likeness (QED) is 0.788. The van der Waals surface area contributed by atoms with Crippen molar-refractivity contribution in [2.75, 3.05) is 27.7 Å². The summed E-state index contributed by atoms with van der Waals surface area (Å²) in [5.74, 6) is 0.388. The van der Waals surface area contributed by atoms with Crippen LogP contribution in [-0.2, 0) is 17.2 Å². The molecule has 0 spiro atoms. The summed E-state index contributed by atoms with van der Waals surface area (Å²) in [4.78, 5) is 5.99. The smallest absolute Gasteiger partial charge is 0.416 e. The fourth-order valence-corrected chi connectivity index (χ4v) is 3.30. The Hall–Kier alpha value is -2.12. The van der Waals surface area contributed by atoms with Crippen LogP contribution in [0.15, 0.2) is 30.3 Å². The van der Waals surface area contributed by atoms with Gasteiger partial charge in [-0.2, -0.15) is 13.2 Å². The molecular weight excluding hydrogens is 381 g/mol. The highest BCUT2D eigenvalue weighted by Gasteiger charge is 2.40. The van der Waals surface area contributed by atoms with Crippen LogP contribution in [0, 0.1) is 6.92 Å². The van der Waals surface area contributed by atoms with Gasteiger partial charge < -0.3 is 14.7 Å². The second-order valence-electron chi connectivity index (χ2n) is 8.64. The van der Waals surface area contributed by atoms with Crippen LogP contribution in [0.4, 0.5) is 13.2 Å². The molecule has 160 valence electrons. The van der Waals surface area contributed by atoms with Gasteiger partial charge in [-0.3, -0.25) is 4.98 Å². The summed E-state index contributed by atoms with van der Waals surface area (Å²) in [6.45, 7) is 7.59. The van der Waals surface area contributed by atoms with Crippen molar-refractivity contribution in [2.24, 2.45) is 0 Å². The predicted molar refractivity (Wildman–Crippen MR) is 107 cm³/mol. The van der Waals surface area contributed by atoms with Crippen LogP contribution in [0.5, 0.6) is 5.75 Å². The average molecular weight is 410 g/mol. The van der Waals surface area contributed by atoms with Crippen LogP contribution in [-0.4, -0.2) is 42.7 Å². The number of aromatic nitrogens is 1. The molecule has 1 atom stereocenters. The Morgan fingerprint density at radius 3 is 2.14 bits per heavy atom.